The van der Waals surface area contributed by atoms with Crippen molar-refractivity contribution in [3.8, 4) is 0 Å². The van der Waals surface area contributed by atoms with Crippen molar-refractivity contribution in [2.24, 2.45) is 0 Å². The molecule has 3 rings (SSSR count). The van der Waals surface area contributed by atoms with Crippen LogP contribution in [0.4, 0.5) is 20.2 Å². The summed E-state index contributed by atoms with van der Waals surface area (Å²) in [5.74, 6) is -1.26. The van der Waals surface area contributed by atoms with E-state index in [4.69, 9.17) is 11.6 Å². The monoisotopic (exact) mass is 290 g/mol. The first-order valence-corrected chi connectivity index (χ1v) is 6.27. The van der Waals surface area contributed by atoms with Gasteiger partial charge in [0, 0.05) is 28.4 Å². The Morgan fingerprint density at radius 3 is 2.60 bits per heavy atom. The van der Waals surface area contributed by atoms with E-state index in [9.17, 15) is 8.78 Å². The van der Waals surface area contributed by atoms with Gasteiger partial charge in [0.2, 0.25) is 0 Å². The highest BCUT2D eigenvalue weighted by atomic mass is 35.5. The molecule has 100 valence electrons. The first-order chi connectivity index (χ1) is 9.63. The van der Waals surface area contributed by atoms with Gasteiger partial charge in [-0.25, -0.2) is 8.78 Å². The first-order valence-electron chi connectivity index (χ1n) is 5.90. The Kier molecular flexibility index (Phi) is 3.24. The number of fused-ring (bicyclic) bond motifs is 1. The molecule has 0 fully saturated rings. The normalized spacial score (nSPS) is 10.8. The number of hydrogen-bond donors (Lipinski definition) is 1. The number of hydrogen-bond acceptors (Lipinski definition) is 2. The quantitative estimate of drug-likeness (QED) is 0.725. The summed E-state index contributed by atoms with van der Waals surface area (Å²) in [6.07, 6.45) is 1.60. The summed E-state index contributed by atoms with van der Waals surface area (Å²) in [5, 5.41) is 4.32. The summed E-state index contributed by atoms with van der Waals surface area (Å²) in [6.45, 7) is 0. The summed E-state index contributed by atoms with van der Waals surface area (Å²) < 4.78 is 26.6. The highest BCUT2D eigenvalue weighted by Gasteiger charge is 2.07. The van der Waals surface area contributed by atoms with E-state index < -0.39 is 11.6 Å². The van der Waals surface area contributed by atoms with Crippen molar-refractivity contribution in [1.29, 1.82) is 0 Å². The minimum absolute atomic E-state index is 0.203. The molecule has 2 nitrogen and oxygen atoms in total. The third-order valence-electron chi connectivity index (χ3n) is 2.91. The molecule has 0 atom stereocenters. The van der Waals surface area contributed by atoms with E-state index in [1.807, 2.05) is 0 Å². The van der Waals surface area contributed by atoms with Crippen LogP contribution in [0.1, 0.15) is 0 Å². The van der Waals surface area contributed by atoms with Crippen molar-refractivity contribution in [2.75, 3.05) is 5.32 Å². The number of nitrogens with zero attached hydrogens (tertiary/aromatic N) is 1. The summed E-state index contributed by atoms with van der Waals surface area (Å²) in [5.41, 5.74) is 1.58. The molecule has 1 heterocycles. The van der Waals surface area contributed by atoms with E-state index in [2.05, 4.69) is 10.3 Å². The minimum Gasteiger partial charge on any atom is -0.353 e. The highest BCUT2D eigenvalue weighted by molar-refractivity contribution is 6.31. The molecule has 20 heavy (non-hydrogen) atoms. The average Bonchev–Trinajstić information content (AvgIpc) is 2.41. The van der Waals surface area contributed by atoms with Gasteiger partial charge in [-0.05, 0) is 36.4 Å². The highest BCUT2D eigenvalue weighted by Crippen LogP contribution is 2.28. The molecule has 0 amide bonds. The van der Waals surface area contributed by atoms with Gasteiger partial charge in [-0.2, -0.15) is 0 Å². The lowest BCUT2D eigenvalue weighted by Gasteiger charge is -2.10. The molecule has 3 aromatic rings. The van der Waals surface area contributed by atoms with E-state index in [1.54, 1.807) is 30.5 Å². The Hall–Kier alpha value is -2.20. The van der Waals surface area contributed by atoms with Crippen molar-refractivity contribution in [3.63, 3.8) is 0 Å². The summed E-state index contributed by atoms with van der Waals surface area (Å²) in [7, 11) is 0. The van der Waals surface area contributed by atoms with Crippen molar-refractivity contribution in [1.82, 2.24) is 4.98 Å². The zero-order valence-electron chi connectivity index (χ0n) is 10.2. The molecule has 0 unspecified atom stereocenters. The zero-order valence-corrected chi connectivity index (χ0v) is 11.0. The predicted octanol–water partition coefficient (Wildman–Crippen LogP) is 4.91. The van der Waals surface area contributed by atoms with Gasteiger partial charge in [-0.1, -0.05) is 11.6 Å². The molecule has 2 aromatic carbocycles. The third-order valence-corrected chi connectivity index (χ3v) is 3.14. The molecule has 0 aliphatic rings. The van der Waals surface area contributed by atoms with Gasteiger partial charge in [-0.15, -0.1) is 0 Å². The van der Waals surface area contributed by atoms with Crippen LogP contribution in [-0.2, 0) is 0 Å². The van der Waals surface area contributed by atoms with Crippen LogP contribution < -0.4 is 5.32 Å². The summed E-state index contributed by atoms with van der Waals surface area (Å²) in [4.78, 5) is 4.20. The molecule has 0 spiro atoms. The number of rotatable bonds is 2. The number of pyridine rings is 1. The molecule has 0 bridgehead atoms. The Morgan fingerprint density at radius 1 is 0.950 bits per heavy atom. The van der Waals surface area contributed by atoms with Crippen LogP contribution in [0.5, 0.6) is 0 Å². The Morgan fingerprint density at radius 2 is 1.80 bits per heavy atom. The zero-order chi connectivity index (χ0) is 14.1. The van der Waals surface area contributed by atoms with Crippen molar-refractivity contribution >= 4 is 33.9 Å². The maximum atomic E-state index is 13.7. The molecule has 0 radical (unpaired) electrons. The Bertz CT molecular complexity index is 790. The topological polar surface area (TPSA) is 24.9 Å². The second-order valence-corrected chi connectivity index (χ2v) is 4.71. The first kappa shape index (κ1) is 12.8. The largest absolute Gasteiger partial charge is 0.353 e. The van der Waals surface area contributed by atoms with Crippen LogP contribution >= 0.6 is 11.6 Å². The molecule has 0 saturated heterocycles. The molecule has 1 N–H and O–H groups in total. The van der Waals surface area contributed by atoms with E-state index >= 15 is 0 Å². The van der Waals surface area contributed by atoms with Crippen LogP contribution in [0.25, 0.3) is 10.9 Å². The maximum absolute atomic E-state index is 13.7. The minimum atomic E-state index is -0.649. The molecule has 0 aliphatic carbocycles. The lowest BCUT2D eigenvalue weighted by atomic mass is 10.2. The molecule has 0 aliphatic heterocycles. The van der Waals surface area contributed by atoms with Crippen LogP contribution in [0.15, 0.2) is 48.7 Å². The summed E-state index contributed by atoms with van der Waals surface area (Å²) in [6, 6.07) is 10.4. The average molecular weight is 291 g/mol. The van der Waals surface area contributed by atoms with Gasteiger partial charge in [0.15, 0.2) is 0 Å². The second kappa shape index (κ2) is 5.06. The summed E-state index contributed by atoms with van der Waals surface area (Å²) >= 11 is 5.91. The third kappa shape index (κ3) is 2.42. The SMILES string of the molecule is Fc1ccc(Nc2ccnc3cc(Cl)ccc23)c(F)c1. The lowest BCUT2D eigenvalue weighted by molar-refractivity contribution is 0.586. The Labute approximate surface area is 119 Å². The van der Waals surface area contributed by atoms with Crippen LogP contribution in [0.2, 0.25) is 5.02 Å². The maximum Gasteiger partial charge on any atom is 0.149 e. The number of nitrogens with one attached hydrogen (secondary N) is 1. The fraction of sp³-hybridized carbons (Fsp3) is 0. The van der Waals surface area contributed by atoms with Gasteiger partial charge >= 0.3 is 0 Å². The van der Waals surface area contributed by atoms with Gasteiger partial charge in [0.1, 0.15) is 11.6 Å². The van der Waals surface area contributed by atoms with Crippen LogP contribution in [0, 0.1) is 11.6 Å². The van der Waals surface area contributed by atoms with Gasteiger partial charge < -0.3 is 5.32 Å². The van der Waals surface area contributed by atoms with E-state index in [-0.39, 0.29) is 5.69 Å². The number of anilines is 2. The molecular weight excluding hydrogens is 282 g/mol. The van der Waals surface area contributed by atoms with Crippen molar-refractivity contribution in [2.45, 2.75) is 0 Å². The predicted molar refractivity (Wildman–Crippen MR) is 76.4 cm³/mol. The number of halogens is 3. The molecule has 5 heteroatoms. The fourth-order valence-electron chi connectivity index (χ4n) is 1.97. The van der Waals surface area contributed by atoms with Crippen LogP contribution in [-0.4, -0.2) is 4.98 Å². The fourth-order valence-corrected chi connectivity index (χ4v) is 2.13. The van der Waals surface area contributed by atoms with Crippen molar-refractivity contribution < 1.29 is 8.78 Å². The van der Waals surface area contributed by atoms with Gasteiger partial charge in [0.25, 0.3) is 0 Å². The van der Waals surface area contributed by atoms with E-state index in [1.165, 1.54) is 12.1 Å². The molecular formula is C15H9ClF2N2. The lowest BCUT2D eigenvalue weighted by Crippen LogP contribution is -1.96. The standard InChI is InChI=1S/C15H9ClF2N2/c16-9-1-3-11-13(5-6-19-15(11)7-9)20-14-4-2-10(17)8-12(14)18/h1-8H,(H,19,20). The van der Waals surface area contributed by atoms with Crippen LogP contribution in [0.3, 0.4) is 0 Å². The Balaban J connectivity index is 2.06. The van der Waals surface area contributed by atoms with Gasteiger partial charge in [0.05, 0.1) is 11.2 Å². The number of aromatic nitrogens is 1. The van der Waals surface area contributed by atoms with Crippen molar-refractivity contribution in [3.05, 3.63) is 65.3 Å². The molecule has 0 saturated carbocycles. The van der Waals surface area contributed by atoms with Gasteiger partial charge in [-0.3, -0.25) is 4.98 Å². The molecule has 1 aromatic heterocycles. The number of benzene rings is 2. The smallest absolute Gasteiger partial charge is 0.149 e. The second-order valence-electron chi connectivity index (χ2n) is 4.27. The van der Waals surface area contributed by atoms with E-state index in [0.29, 0.717) is 16.2 Å². The van der Waals surface area contributed by atoms with E-state index in [0.717, 1.165) is 11.5 Å².